The van der Waals surface area contributed by atoms with Crippen LogP contribution in [0.1, 0.15) is 35.2 Å². The van der Waals surface area contributed by atoms with Crippen molar-refractivity contribution < 1.29 is 4.79 Å². The van der Waals surface area contributed by atoms with Gasteiger partial charge in [0.25, 0.3) is 5.91 Å². The molecule has 0 unspecified atom stereocenters. The van der Waals surface area contributed by atoms with Gasteiger partial charge in [-0.25, -0.2) is 0 Å². The predicted molar refractivity (Wildman–Crippen MR) is 90.7 cm³/mol. The molecule has 3 nitrogen and oxygen atoms in total. The maximum Gasteiger partial charge on any atom is 0.255 e. The smallest absolute Gasteiger partial charge is 0.255 e. The number of piperidine rings is 1. The van der Waals surface area contributed by atoms with Gasteiger partial charge in [-0.1, -0.05) is 30.3 Å². The van der Waals surface area contributed by atoms with Crippen molar-refractivity contribution in [3.05, 3.63) is 59.7 Å². The lowest BCUT2D eigenvalue weighted by molar-refractivity contribution is 0.0725. The molecule has 0 saturated carbocycles. The van der Waals surface area contributed by atoms with Gasteiger partial charge < -0.3 is 10.2 Å². The summed E-state index contributed by atoms with van der Waals surface area (Å²) in [5.41, 5.74) is 3.85. The standard InChI is InChI=1S/C19H22N2O/c1-15-9-3-5-11-17(15)20-18-12-6-4-10-16(18)19(22)21-13-7-2-8-14-21/h3-6,9-12,20H,2,7-8,13-14H2,1H3. The molecule has 0 aromatic heterocycles. The molecule has 1 aliphatic heterocycles. The molecule has 22 heavy (non-hydrogen) atoms. The number of aryl methyl sites for hydroxylation is 1. The van der Waals surface area contributed by atoms with E-state index in [2.05, 4.69) is 18.3 Å². The van der Waals surface area contributed by atoms with Gasteiger partial charge in [0.2, 0.25) is 0 Å². The van der Waals surface area contributed by atoms with Crippen molar-refractivity contribution >= 4 is 17.3 Å². The normalized spacial score (nSPS) is 14.7. The molecular formula is C19H22N2O. The summed E-state index contributed by atoms with van der Waals surface area (Å²) in [6.45, 7) is 3.81. The third-order valence-electron chi connectivity index (χ3n) is 4.22. The lowest BCUT2D eigenvalue weighted by Crippen LogP contribution is -2.35. The van der Waals surface area contributed by atoms with Crippen molar-refractivity contribution in [2.75, 3.05) is 18.4 Å². The van der Waals surface area contributed by atoms with Crippen LogP contribution < -0.4 is 5.32 Å². The summed E-state index contributed by atoms with van der Waals surface area (Å²) < 4.78 is 0. The first-order valence-corrected chi connectivity index (χ1v) is 7.96. The number of hydrogen-bond acceptors (Lipinski definition) is 2. The largest absolute Gasteiger partial charge is 0.355 e. The number of carbonyl (C=O) groups excluding carboxylic acids is 1. The summed E-state index contributed by atoms with van der Waals surface area (Å²) in [5.74, 6) is 0.136. The average Bonchev–Trinajstić information content (AvgIpc) is 2.58. The number of likely N-dealkylation sites (tertiary alicyclic amines) is 1. The highest BCUT2D eigenvalue weighted by molar-refractivity contribution is 6.00. The van der Waals surface area contributed by atoms with Crippen molar-refractivity contribution in [3.63, 3.8) is 0 Å². The first-order valence-electron chi connectivity index (χ1n) is 7.96. The SMILES string of the molecule is Cc1ccccc1Nc1ccccc1C(=O)N1CCCCC1. The molecule has 0 bridgehead atoms. The van der Waals surface area contributed by atoms with Crippen LogP contribution in [0.4, 0.5) is 11.4 Å². The van der Waals surface area contributed by atoms with Gasteiger partial charge in [-0.3, -0.25) is 4.79 Å². The van der Waals surface area contributed by atoms with Gasteiger partial charge in [-0.2, -0.15) is 0 Å². The van der Waals surface area contributed by atoms with Crippen LogP contribution in [0.25, 0.3) is 0 Å². The Morgan fingerprint density at radius 3 is 2.27 bits per heavy atom. The van der Waals surface area contributed by atoms with Gasteiger partial charge in [0, 0.05) is 18.8 Å². The lowest BCUT2D eigenvalue weighted by Gasteiger charge is -2.27. The van der Waals surface area contributed by atoms with Crippen LogP contribution in [0.15, 0.2) is 48.5 Å². The van der Waals surface area contributed by atoms with Crippen LogP contribution in [0, 0.1) is 6.92 Å². The van der Waals surface area contributed by atoms with E-state index in [9.17, 15) is 4.79 Å². The van der Waals surface area contributed by atoms with Crippen molar-refractivity contribution in [1.82, 2.24) is 4.90 Å². The Morgan fingerprint density at radius 2 is 1.55 bits per heavy atom. The second-order valence-corrected chi connectivity index (χ2v) is 5.84. The zero-order valence-electron chi connectivity index (χ0n) is 13.0. The Morgan fingerprint density at radius 1 is 0.909 bits per heavy atom. The second kappa shape index (κ2) is 6.65. The van der Waals surface area contributed by atoms with Crippen LogP contribution in [-0.2, 0) is 0 Å². The molecule has 1 N–H and O–H groups in total. The van der Waals surface area contributed by atoms with Gasteiger partial charge in [0.15, 0.2) is 0 Å². The highest BCUT2D eigenvalue weighted by Gasteiger charge is 2.20. The average molecular weight is 294 g/mol. The lowest BCUT2D eigenvalue weighted by atomic mass is 10.1. The summed E-state index contributed by atoms with van der Waals surface area (Å²) in [7, 11) is 0. The van der Waals surface area contributed by atoms with E-state index in [0.29, 0.717) is 0 Å². The predicted octanol–water partition coefficient (Wildman–Crippen LogP) is 4.36. The number of rotatable bonds is 3. The Balaban J connectivity index is 1.86. The molecule has 3 rings (SSSR count). The number of benzene rings is 2. The molecule has 1 amide bonds. The summed E-state index contributed by atoms with van der Waals surface area (Å²) in [4.78, 5) is 14.8. The van der Waals surface area contributed by atoms with E-state index < -0.39 is 0 Å². The van der Waals surface area contributed by atoms with E-state index in [0.717, 1.165) is 42.9 Å². The number of amides is 1. The van der Waals surface area contributed by atoms with E-state index in [1.165, 1.54) is 12.0 Å². The Hall–Kier alpha value is -2.29. The topological polar surface area (TPSA) is 32.3 Å². The Bertz CT molecular complexity index is 660. The van der Waals surface area contributed by atoms with Crippen LogP contribution in [0.2, 0.25) is 0 Å². The van der Waals surface area contributed by atoms with Gasteiger partial charge >= 0.3 is 0 Å². The highest BCUT2D eigenvalue weighted by atomic mass is 16.2. The zero-order chi connectivity index (χ0) is 15.4. The quantitative estimate of drug-likeness (QED) is 0.912. The minimum absolute atomic E-state index is 0.136. The fourth-order valence-electron chi connectivity index (χ4n) is 2.90. The molecule has 0 aliphatic carbocycles. The van der Waals surface area contributed by atoms with Gasteiger partial charge in [-0.15, -0.1) is 0 Å². The monoisotopic (exact) mass is 294 g/mol. The molecule has 0 radical (unpaired) electrons. The molecule has 1 saturated heterocycles. The van der Waals surface area contributed by atoms with Crippen LogP contribution in [-0.4, -0.2) is 23.9 Å². The summed E-state index contributed by atoms with van der Waals surface area (Å²) >= 11 is 0. The van der Waals surface area contributed by atoms with Crippen molar-refractivity contribution in [2.24, 2.45) is 0 Å². The molecule has 2 aromatic carbocycles. The second-order valence-electron chi connectivity index (χ2n) is 5.84. The van der Waals surface area contributed by atoms with Gasteiger partial charge in [-0.05, 0) is 49.9 Å². The van der Waals surface area contributed by atoms with Gasteiger partial charge in [0.05, 0.1) is 11.3 Å². The number of para-hydroxylation sites is 2. The van der Waals surface area contributed by atoms with E-state index in [-0.39, 0.29) is 5.91 Å². The first kappa shape index (κ1) is 14.6. The zero-order valence-corrected chi connectivity index (χ0v) is 13.0. The van der Waals surface area contributed by atoms with Crippen LogP contribution >= 0.6 is 0 Å². The number of nitrogens with one attached hydrogen (secondary N) is 1. The number of anilines is 2. The fraction of sp³-hybridized carbons (Fsp3) is 0.316. The molecule has 1 heterocycles. The summed E-state index contributed by atoms with van der Waals surface area (Å²) in [6, 6.07) is 15.9. The van der Waals surface area contributed by atoms with E-state index in [1.54, 1.807) is 0 Å². The minimum Gasteiger partial charge on any atom is -0.355 e. The molecule has 0 spiro atoms. The van der Waals surface area contributed by atoms with E-state index >= 15 is 0 Å². The molecule has 114 valence electrons. The Labute approximate surface area is 132 Å². The minimum atomic E-state index is 0.136. The third-order valence-corrected chi connectivity index (χ3v) is 4.22. The third kappa shape index (κ3) is 3.14. The Kier molecular flexibility index (Phi) is 4.42. The first-order chi connectivity index (χ1) is 10.8. The highest BCUT2D eigenvalue weighted by Crippen LogP contribution is 2.25. The van der Waals surface area contributed by atoms with E-state index in [1.807, 2.05) is 47.4 Å². The van der Waals surface area contributed by atoms with E-state index in [4.69, 9.17) is 0 Å². The van der Waals surface area contributed by atoms with Crippen molar-refractivity contribution in [2.45, 2.75) is 26.2 Å². The summed E-state index contributed by atoms with van der Waals surface area (Å²) in [6.07, 6.45) is 3.45. The summed E-state index contributed by atoms with van der Waals surface area (Å²) in [5, 5.41) is 3.41. The molecule has 1 fully saturated rings. The van der Waals surface area contributed by atoms with Gasteiger partial charge in [0.1, 0.15) is 0 Å². The molecule has 3 heteroatoms. The fourth-order valence-corrected chi connectivity index (χ4v) is 2.90. The van der Waals surface area contributed by atoms with Crippen LogP contribution in [0.5, 0.6) is 0 Å². The number of carbonyl (C=O) groups is 1. The molecule has 0 atom stereocenters. The molecular weight excluding hydrogens is 272 g/mol. The molecule has 1 aliphatic rings. The molecule has 2 aromatic rings. The maximum absolute atomic E-state index is 12.8. The number of hydrogen-bond donors (Lipinski definition) is 1. The van der Waals surface area contributed by atoms with Crippen molar-refractivity contribution in [1.29, 1.82) is 0 Å². The van der Waals surface area contributed by atoms with Crippen molar-refractivity contribution in [3.8, 4) is 0 Å². The maximum atomic E-state index is 12.8. The van der Waals surface area contributed by atoms with Crippen LogP contribution in [0.3, 0.4) is 0 Å². The number of nitrogens with zero attached hydrogens (tertiary/aromatic N) is 1.